The van der Waals surface area contributed by atoms with Crippen molar-refractivity contribution < 1.29 is 14.3 Å². The average molecular weight is 398 g/mol. The number of hydrogen-bond donors (Lipinski definition) is 2. The third-order valence-corrected chi connectivity index (χ3v) is 5.38. The molecule has 2 amide bonds. The number of rotatable bonds is 6. The van der Waals surface area contributed by atoms with Crippen LogP contribution in [0.15, 0.2) is 42.5 Å². The van der Waals surface area contributed by atoms with E-state index in [-0.39, 0.29) is 17.7 Å². The standard InChI is InChI=1S/C21H23N3O3S/c1-12(2)18(23-19(25)15-8-6-5-7-13(15)3)20(26)24-21-22-16-10-9-14(27-4)11-17(16)28-21/h5-12,18H,1-4H3,(H,23,25)(H,22,24,26). The highest BCUT2D eigenvalue weighted by atomic mass is 32.1. The van der Waals surface area contributed by atoms with E-state index < -0.39 is 6.04 Å². The molecule has 3 rings (SSSR count). The van der Waals surface area contributed by atoms with E-state index >= 15 is 0 Å². The highest BCUT2D eigenvalue weighted by Gasteiger charge is 2.26. The molecule has 28 heavy (non-hydrogen) atoms. The van der Waals surface area contributed by atoms with Crippen LogP contribution in [0.5, 0.6) is 5.75 Å². The third kappa shape index (κ3) is 4.31. The number of ether oxygens (including phenoxy) is 1. The summed E-state index contributed by atoms with van der Waals surface area (Å²) in [5.74, 6) is 0.103. The SMILES string of the molecule is COc1ccc2nc(NC(=O)C(NC(=O)c3ccccc3C)C(C)C)sc2c1. The Bertz CT molecular complexity index is 1010. The number of fused-ring (bicyclic) bond motifs is 1. The van der Waals surface area contributed by atoms with E-state index in [0.717, 1.165) is 21.5 Å². The molecular formula is C21H23N3O3S. The number of aryl methyl sites for hydroxylation is 1. The predicted molar refractivity (Wildman–Crippen MR) is 112 cm³/mol. The second kappa shape index (κ2) is 8.39. The molecule has 0 aliphatic carbocycles. The minimum Gasteiger partial charge on any atom is -0.497 e. The highest BCUT2D eigenvalue weighted by molar-refractivity contribution is 7.22. The van der Waals surface area contributed by atoms with E-state index in [1.54, 1.807) is 13.2 Å². The Labute approximate surface area is 167 Å². The molecule has 2 N–H and O–H groups in total. The summed E-state index contributed by atoms with van der Waals surface area (Å²) in [7, 11) is 1.61. The number of nitrogens with zero attached hydrogens (tertiary/aromatic N) is 1. The molecule has 0 radical (unpaired) electrons. The fraction of sp³-hybridized carbons (Fsp3) is 0.286. The number of benzene rings is 2. The Morgan fingerprint density at radius 1 is 1.14 bits per heavy atom. The summed E-state index contributed by atoms with van der Waals surface area (Å²) in [5.41, 5.74) is 2.21. The molecule has 0 aliphatic heterocycles. The van der Waals surface area contributed by atoms with Crippen LogP contribution >= 0.6 is 11.3 Å². The smallest absolute Gasteiger partial charge is 0.252 e. The molecule has 0 aliphatic rings. The molecule has 1 heterocycles. The Balaban J connectivity index is 1.76. The first-order valence-electron chi connectivity index (χ1n) is 9.01. The van der Waals surface area contributed by atoms with Crippen LogP contribution in [0.3, 0.4) is 0 Å². The molecule has 6 nitrogen and oxygen atoms in total. The van der Waals surface area contributed by atoms with E-state index in [4.69, 9.17) is 4.74 Å². The Kier molecular flexibility index (Phi) is 5.94. The summed E-state index contributed by atoms with van der Waals surface area (Å²) in [5, 5.41) is 6.18. The zero-order valence-electron chi connectivity index (χ0n) is 16.3. The minimum atomic E-state index is -0.673. The molecule has 3 aromatic rings. The van der Waals surface area contributed by atoms with Gasteiger partial charge in [0.15, 0.2) is 5.13 Å². The van der Waals surface area contributed by atoms with E-state index in [0.29, 0.717) is 10.7 Å². The summed E-state index contributed by atoms with van der Waals surface area (Å²) in [6.07, 6.45) is 0. The normalized spacial score (nSPS) is 12.0. The largest absolute Gasteiger partial charge is 0.497 e. The predicted octanol–water partition coefficient (Wildman–Crippen LogP) is 4.01. The van der Waals surface area contributed by atoms with E-state index in [1.807, 2.05) is 57.2 Å². The average Bonchev–Trinajstić information content (AvgIpc) is 3.06. The topological polar surface area (TPSA) is 80.3 Å². The van der Waals surface area contributed by atoms with Crippen LogP contribution in [0.4, 0.5) is 5.13 Å². The molecule has 0 saturated heterocycles. The first-order valence-corrected chi connectivity index (χ1v) is 9.82. The summed E-state index contributed by atoms with van der Waals surface area (Å²) < 4.78 is 6.14. The van der Waals surface area contributed by atoms with Crippen molar-refractivity contribution in [2.24, 2.45) is 5.92 Å². The monoisotopic (exact) mass is 397 g/mol. The Morgan fingerprint density at radius 3 is 2.57 bits per heavy atom. The Hall–Kier alpha value is -2.93. The summed E-state index contributed by atoms with van der Waals surface area (Å²) in [4.78, 5) is 29.9. The number of anilines is 1. The molecule has 0 saturated carbocycles. The third-order valence-electron chi connectivity index (χ3n) is 4.45. The van der Waals surface area contributed by atoms with Crippen LogP contribution in [0.2, 0.25) is 0 Å². The maximum atomic E-state index is 12.8. The molecule has 0 spiro atoms. The summed E-state index contributed by atoms with van der Waals surface area (Å²) in [6.45, 7) is 5.66. The van der Waals surface area contributed by atoms with Crippen molar-refractivity contribution in [3.63, 3.8) is 0 Å². The van der Waals surface area contributed by atoms with Crippen LogP contribution in [0.25, 0.3) is 10.2 Å². The van der Waals surface area contributed by atoms with Crippen molar-refractivity contribution in [1.29, 1.82) is 0 Å². The van der Waals surface area contributed by atoms with Gasteiger partial charge < -0.3 is 15.4 Å². The van der Waals surface area contributed by atoms with Gasteiger partial charge >= 0.3 is 0 Å². The highest BCUT2D eigenvalue weighted by Crippen LogP contribution is 2.29. The van der Waals surface area contributed by atoms with Crippen LogP contribution in [0.1, 0.15) is 29.8 Å². The number of nitrogens with one attached hydrogen (secondary N) is 2. The molecule has 1 unspecified atom stereocenters. The first kappa shape index (κ1) is 19.8. The van der Waals surface area contributed by atoms with E-state index in [1.165, 1.54) is 11.3 Å². The lowest BCUT2D eigenvalue weighted by Gasteiger charge is -2.21. The fourth-order valence-electron chi connectivity index (χ4n) is 2.85. The lowest BCUT2D eigenvalue weighted by molar-refractivity contribution is -0.118. The number of thiazole rings is 1. The van der Waals surface area contributed by atoms with Gasteiger partial charge in [-0.1, -0.05) is 43.4 Å². The summed E-state index contributed by atoms with van der Waals surface area (Å²) >= 11 is 1.37. The van der Waals surface area contributed by atoms with Gasteiger partial charge in [0.1, 0.15) is 11.8 Å². The van der Waals surface area contributed by atoms with Gasteiger partial charge in [-0.3, -0.25) is 9.59 Å². The zero-order valence-corrected chi connectivity index (χ0v) is 17.1. The maximum absolute atomic E-state index is 12.8. The van der Waals surface area contributed by atoms with Crippen LogP contribution in [0, 0.1) is 12.8 Å². The number of aromatic nitrogens is 1. The van der Waals surface area contributed by atoms with Crippen LogP contribution in [-0.4, -0.2) is 29.9 Å². The van der Waals surface area contributed by atoms with Gasteiger partial charge in [-0.2, -0.15) is 0 Å². The van der Waals surface area contributed by atoms with Gasteiger partial charge in [0.05, 0.1) is 17.3 Å². The lowest BCUT2D eigenvalue weighted by atomic mass is 10.0. The quantitative estimate of drug-likeness (QED) is 0.659. The summed E-state index contributed by atoms with van der Waals surface area (Å²) in [6, 6.07) is 12.2. The molecule has 0 bridgehead atoms. The first-order chi connectivity index (χ1) is 13.4. The second-order valence-corrected chi connectivity index (χ2v) is 7.88. The Morgan fingerprint density at radius 2 is 1.89 bits per heavy atom. The minimum absolute atomic E-state index is 0.0811. The molecule has 2 aromatic carbocycles. The number of carbonyl (C=O) groups excluding carboxylic acids is 2. The van der Waals surface area contributed by atoms with E-state index in [9.17, 15) is 9.59 Å². The number of methoxy groups -OCH3 is 1. The molecule has 0 fully saturated rings. The van der Waals surface area contributed by atoms with Crippen molar-refractivity contribution in [2.45, 2.75) is 26.8 Å². The maximum Gasteiger partial charge on any atom is 0.252 e. The molecule has 1 aromatic heterocycles. The van der Waals surface area contributed by atoms with Gasteiger partial charge in [-0.15, -0.1) is 0 Å². The van der Waals surface area contributed by atoms with Crippen molar-refractivity contribution in [3.8, 4) is 5.75 Å². The fourth-order valence-corrected chi connectivity index (χ4v) is 3.75. The van der Waals surface area contributed by atoms with Crippen LogP contribution < -0.4 is 15.4 Å². The number of hydrogen-bond acceptors (Lipinski definition) is 5. The van der Waals surface area contributed by atoms with Crippen molar-refractivity contribution in [1.82, 2.24) is 10.3 Å². The van der Waals surface area contributed by atoms with Gasteiger partial charge in [-0.25, -0.2) is 4.98 Å². The van der Waals surface area contributed by atoms with Gasteiger partial charge in [0.2, 0.25) is 5.91 Å². The number of carbonyl (C=O) groups is 2. The van der Waals surface area contributed by atoms with E-state index in [2.05, 4.69) is 15.6 Å². The van der Waals surface area contributed by atoms with Crippen molar-refractivity contribution in [2.75, 3.05) is 12.4 Å². The lowest BCUT2D eigenvalue weighted by Crippen LogP contribution is -2.47. The molecule has 1 atom stereocenters. The van der Waals surface area contributed by atoms with Gasteiger partial charge in [0, 0.05) is 5.56 Å². The van der Waals surface area contributed by atoms with Gasteiger partial charge in [-0.05, 0) is 42.7 Å². The second-order valence-electron chi connectivity index (χ2n) is 6.85. The molecule has 7 heteroatoms. The van der Waals surface area contributed by atoms with Crippen molar-refractivity contribution in [3.05, 3.63) is 53.6 Å². The zero-order chi connectivity index (χ0) is 20.3. The molecule has 146 valence electrons. The van der Waals surface area contributed by atoms with Gasteiger partial charge in [0.25, 0.3) is 5.91 Å². The van der Waals surface area contributed by atoms with Crippen LogP contribution in [-0.2, 0) is 4.79 Å². The van der Waals surface area contributed by atoms with Crippen molar-refractivity contribution >= 4 is 38.5 Å². The number of amides is 2. The molecular weight excluding hydrogens is 374 g/mol.